The van der Waals surface area contributed by atoms with Gasteiger partial charge in [0.25, 0.3) is 0 Å². The molecule has 4 heteroatoms. The van der Waals surface area contributed by atoms with Crippen LogP contribution in [0.25, 0.3) is 0 Å². The highest BCUT2D eigenvalue weighted by Crippen LogP contribution is 2.45. The molecule has 1 atom stereocenters. The Hall–Kier alpha value is -0.420. The number of piperidine rings is 1. The van der Waals surface area contributed by atoms with Gasteiger partial charge in [0.15, 0.2) is 0 Å². The van der Waals surface area contributed by atoms with Crippen molar-refractivity contribution in [1.29, 1.82) is 0 Å². The van der Waals surface area contributed by atoms with Crippen molar-refractivity contribution in [3.63, 3.8) is 0 Å². The van der Waals surface area contributed by atoms with Crippen molar-refractivity contribution >= 4 is 11.3 Å². The Kier molecular flexibility index (Phi) is 5.23. The summed E-state index contributed by atoms with van der Waals surface area (Å²) in [6.07, 6.45) is 2.67. The summed E-state index contributed by atoms with van der Waals surface area (Å²) in [4.78, 5) is 5.30. The van der Waals surface area contributed by atoms with Gasteiger partial charge in [-0.1, -0.05) is 0 Å². The molecule has 1 aromatic heterocycles. The third kappa shape index (κ3) is 3.40. The summed E-state index contributed by atoms with van der Waals surface area (Å²) in [6, 6.07) is 2.95. The smallest absolute Gasteiger partial charge is 0.0508 e. The van der Waals surface area contributed by atoms with E-state index in [4.69, 9.17) is 4.74 Å². The van der Waals surface area contributed by atoms with Crippen molar-refractivity contribution in [1.82, 2.24) is 9.80 Å². The van der Waals surface area contributed by atoms with Crippen LogP contribution in [0, 0.1) is 11.3 Å². The van der Waals surface area contributed by atoms with Gasteiger partial charge >= 0.3 is 0 Å². The predicted octanol–water partition coefficient (Wildman–Crippen LogP) is 3.32. The van der Waals surface area contributed by atoms with Crippen LogP contribution in [0.4, 0.5) is 0 Å². The lowest BCUT2D eigenvalue weighted by molar-refractivity contribution is 0.0281. The van der Waals surface area contributed by atoms with Gasteiger partial charge in [-0.05, 0) is 67.6 Å². The quantitative estimate of drug-likeness (QED) is 0.827. The maximum atomic E-state index is 5.57. The predicted molar refractivity (Wildman–Crippen MR) is 93.3 cm³/mol. The lowest BCUT2D eigenvalue weighted by Crippen LogP contribution is -2.47. The second-order valence-corrected chi connectivity index (χ2v) is 8.23. The molecule has 0 N–H and O–H groups in total. The zero-order valence-electron chi connectivity index (χ0n) is 14.3. The van der Waals surface area contributed by atoms with Gasteiger partial charge < -0.3 is 9.64 Å². The molecule has 3 nitrogen and oxygen atoms in total. The first-order chi connectivity index (χ1) is 10.6. The topological polar surface area (TPSA) is 15.7 Å². The van der Waals surface area contributed by atoms with E-state index in [-0.39, 0.29) is 0 Å². The molecular formula is C18H30N2OS. The van der Waals surface area contributed by atoms with E-state index in [0.29, 0.717) is 17.4 Å². The zero-order chi connectivity index (χ0) is 15.6. The summed E-state index contributed by atoms with van der Waals surface area (Å²) in [5.41, 5.74) is 1.95. The first-order valence-electron chi connectivity index (χ1n) is 8.59. The lowest BCUT2D eigenvalue weighted by Gasteiger charge is -2.44. The minimum atomic E-state index is 0.484. The van der Waals surface area contributed by atoms with Crippen molar-refractivity contribution < 1.29 is 4.74 Å². The summed E-state index contributed by atoms with van der Waals surface area (Å²) in [7, 11) is 1.86. The average molecular weight is 323 g/mol. The molecule has 2 fully saturated rings. The Morgan fingerprint density at radius 3 is 2.73 bits per heavy atom. The number of ether oxygens (including phenoxy) is 1. The number of thiophene rings is 1. The highest BCUT2D eigenvalue weighted by Gasteiger charge is 2.47. The first-order valence-corrected chi connectivity index (χ1v) is 9.54. The van der Waals surface area contributed by atoms with E-state index >= 15 is 0 Å². The molecule has 2 saturated heterocycles. The van der Waals surface area contributed by atoms with E-state index in [1.807, 2.05) is 7.11 Å². The van der Waals surface area contributed by atoms with Crippen LogP contribution in [0.5, 0.6) is 0 Å². The molecule has 22 heavy (non-hydrogen) atoms. The minimum absolute atomic E-state index is 0.484. The van der Waals surface area contributed by atoms with E-state index < -0.39 is 0 Å². The standard InChI is InChI=1S/C18H30N2OS/c1-15(2)20-7-5-18(6-8-20)14-19(11-17(18)12-21-3)10-16-4-9-22-13-16/h4,9,13,15,17H,5-8,10-12,14H2,1-3H3. The monoisotopic (exact) mass is 322 g/mol. The van der Waals surface area contributed by atoms with Gasteiger partial charge in [-0.15, -0.1) is 0 Å². The van der Waals surface area contributed by atoms with E-state index in [0.717, 1.165) is 13.2 Å². The second-order valence-electron chi connectivity index (χ2n) is 7.45. The van der Waals surface area contributed by atoms with Gasteiger partial charge in [-0.25, -0.2) is 0 Å². The summed E-state index contributed by atoms with van der Waals surface area (Å²) >= 11 is 1.81. The third-order valence-corrected chi connectivity index (χ3v) is 6.49. The molecule has 0 radical (unpaired) electrons. The normalized spacial score (nSPS) is 26.3. The van der Waals surface area contributed by atoms with Gasteiger partial charge in [0.05, 0.1) is 6.61 Å². The second kappa shape index (κ2) is 7.00. The fraction of sp³-hybridized carbons (Fsp3) is 0.778. The molecule has 0 aromatic carbocycles. The SMILES string of the molecule is COCC1CN(Cc2ccsc2)CC12CCN(C(C)C)CC2. The number of hydrogen-bond acceptors (Lipinski definition) is 4. The number of methoxy groups -OCH3 is 1. The third-order valence-electron chi connectivity index (χ3n) is 5.76. The highest BCUT2D eigenvalue weighted by molar-refractivity contribution is 7.07. The Balaban J connectivity index is 1.66. The van der Waals surface area contributed by atoms with E-state index in [1.165, 1.54) is 44.6 Å². The van der Waals surface area contributed by atoms with Crippen LogP contribution in [-0.2, 0) is 11.3 Å². The van der Waals surface area contributed by atoms with Gasteiger partial charge in [-0.3, -0.25) is 4.90 Å². The van der Waals surface area contributed by atoms with Crippen LogP contribution in [-0.4, -0.2) is 55.7 Å². The molecule has 0 saturated carbocycles. The van der Waals surface area contributed by atoms with E-state index in [2.05, 4.69) is 40.5 Å². The summed E-state index contributed by atoms with van der Waals surface area (Å²) in [6.45, 7) is 11.6. The largest absolute Gasteiger partial charge is 0.384 e. The molecule has 124 valence electrons. The number of rotatable bonds is 5. The van der Waals surface area contributed by atoms with Gasteiger partial charge in [0, 0.05) is 38.7 Å². The van der Waals surface area contributed by atoms with Crippen LogP contribution >= 0.6 is 11.3 Å². The van der Waals surface area contributed by atoms with Crippen LogP contribution in [0.2, 0.25) is 0 Å². The van der Waals surface area contributed by atoms with Gasteiger partial charge in [-0.2, -0.15) is 11.3 Å². The molecule has 1 spiro atoms. The molecule has 0 bridgehead atoms. The fourth-order valence-electron chi connectivity index (χ4n) is 4.39. The average Bonchev–Trinajstić information content (AvgIpc) is 3.10. The molecular weight excluding hydrogens is 292 g/mol. The Labute approximate surface area is 139 Å². The molecule has 1 unspecified atom stereocenters. The number of hydrogen-bond donors (Lipinski definition) is 0. The Bertz CT molecular complexity index is 452. The first kappa shape index (κ1) is 16.4. The lowest BCUT2D eigenvalue weighted by atomic mass is 9.71. The molecule has 0 amide bonds. The van der Waals surface area contributed by atoms with Crippen LogP contribution in [0.3, 0.4) is 0 Å². The zero-order valence-corrected chi connectivity index (χ0v) is 15.1. The Morgan fingerprint density at radius 1 is 1.36 bits per heavy atom. The highest BCUT2D eigenvalue weighted by atomic mass is 32.1. The van der Waals surface area contributed by atoms with Crippen molar-refractivity contribution in [3.05, 3.63) is 22.4 Å². The fourth-order valence-corrected chi connectivity index (χ4v) is 5.05. The molecule has 3 rings (SSSR count). The van der Waals surface area contributed by atoms with Crippen LogP contribution in [0.1, 0.15) is 32.3 Å². The van der Waals surface area contributed by atoms with Crippen molar-refractivity contribution in [2.24, 2.45) is 11.3 Å². The summed E-state index contributed by atoms with van der Waals surface area (Å²) < 4.78 is 5.57. The summed E-state index contributed by atoms with van der Waals surface area (Å²) in [5, 5.41) is 4.48. The van der Waals surface area contributed by atoms with Crippen LogP contribution in [0.15, 0.2) is 16.8 Å². The van der Waals surface area contributed by atoms with E-state index in [1.54, 1.807) is 11.3 Å². The number of likely N-dealkylation sites (tertiary alicyclic amines) is 2. The van der Waals surface area contributed by atoms with Crippen molar-refractivity contribution in [2.75, 3.05) is 39.9 Å². The molecule has 2 aliphatic rings. The minimum Gasteiger partial charge on any atom is -0.384 e. The number of nitrogens with zero attached hydrogens (tertiary/aromatic N) is 2. The molecule has 0 aliphatic carbocycles. The molecule has 3 heterocycles. The van der Waals surface area contributed by atoms with Gasteiger partial charge in [0.1, 0.15) is 0 Å². The Morgan fingerprint density at radius 2 is 2.14 bits per heavy atom. The maximum Gasteiger partial charge on any atom is 0.0508 e. The van der Waals surface area contributed by atoms with Crippen LogP contribution < -0.4 is 0 Å². The van der Waals surface area contributed by atoms with Gasteiger partial charge in [0.2, 0.25) is 0 Å². The molecule has 2 aliphatic heterocycles. The molecule has 1 aromatic rings. The maximum absolute atomic E-state index is 5.57. The summed E-state index contributed by atoms with van der Waals surface area (Å²) in [5.74, 6) is 0.699. The van der Waals surface area contributed by atoms with E-state index in [9.17, 15) is 0 Å². The van der Waals surface area contributed by atoms with Crippen molar-refractivity contribution in [3.8, 4) is 0 Å². The van der Waals surface area contributed by atoms with Crippen molar-refractivity contribution in [2.45, 2.75) is 39.3 Å².